The van der Waals surface area contributed by atoms with Crippen molar-refractivity contribution in [3.8, 4) is 11.4 Å². The predicted molar refractivity (Wildman–Crippen MR) is 86.1 cm³/mol. The van der Waals surface area contributed by atoms with Gasteiger partial charge in [-0.05, 0) is 6.42 Å². The lowest BCUT2D eigenvalue weighted by Gasteiger charge is -2.00. The van der Waals surface area contributed by atoms with E-state index in [0.717, 1.165) is 40.9 Å². The van der Waals surface area contributed by atoms with Crippen LogP contribution in [-0.2, 0) is 6.54 Å². The molecule has 0 amide bonds. The Balaban J connectivity index is 2.00. The summed E-state index contributed by atoms with van der Waals surface area (Å²) in [5.74, 6) is 0.403. The molecule has 0 bridgehead atoms. The summed E-state index contributed by atoms with van der Waals surface area (Å²) < 4.78 is 0. The first-order valence-corrected chi connectivity index (χ1v) is 8.16. The van der Waals surface area contributed by atoms with E-state index >= 15 is 0 Å². The molecule has 6 nitrogen and oxygen atoms in total. The molecular weight excluding hydrogens is 292 g/mol. The Kier molecular flexibility index (Phi) is 5.45. The lowest BCUT2D eigenvalue weighted by atomic mass is 10.3. The van der Waals surface area contributed by atoms with E-state index in [-0.39, 0.29) is 0 Å². The second kappa shape index (κ2) is 7.32. The molecule has 0 aliphatic heterocycles. The van der Waals surface area contributed by atoms with Crippen LogP contribution in [0.25, 0.3) is 11.4 Å². The summed E-state index contributed by atoms with van der Waals surface area (Å²) in [6, 6.07) is 0. The van der Waals surface area contributed by atoms with Crippen molar-refractivity contribution in [1.82, 2.24) is 9.97 Å². The highest BCUT2D eigenvalue weighted by Crippen LogP contribution is 2.25. The van der Waals surface area contributed by atoms with Gasteiger partial charge in [-0.3, -0.25) is 4.99 Å². The van der Waals surface area contributed by atoms with Crippen LogP contribution in [0.4, 0.5) is 5.13 Å². The second-order valence-electron chi connectivity index (χ2n) is 4.11. The molecule has 2 aromatic rings. The molecule has 0 unspecified atom stereocenters. The third-order valence-electron chi connectivity index (χ3n) is 2.52. The molecule has 8 heteroatoms. The average Bonchev–Trinajstić information content (AvgIpc) is 3.07. The Morgan fingerprint density at radius 1 is 1.30 bits per heavy atom. The van der Waals surface area contributed by atoms with Gasteiger partial charge in [0.15, 0.2) is 11.1 Å². The molecule has 0 fully saturated rings. The van der Waals surface area contributed by atoms with E-state index < -0.39 is 0 Å². The molecule has 2 heterocycles. The van der Waals surface area contributed by atoms with E-state index in [2.05, 4.69) is 27.2 Å². The number of nitrogens with one attached hydrogen (secondary N) is 1. The summed E-state index contributed by atoms with van der Waals surface area (Å²) in [5.41, 5.74) is 13.0. The Morgan fingerprint density at radius 3 is 2.75 bits per heavy atom. The first-order chi connectivity index (χ1) is 9.72. The smallest absolute Gasteiger partial charge is 0.194 e. The van der Waals surface area contributed by atoms with Crippen LogP contribution in [0.1, 0.15) is 24.8 Å². The number of aliphatic imine (C=N–C) groups is 1. The molecule has 108 valence electrons. The Labute approximate surface area is 126 Å². The monoisotopic (exact) mass is 310 g/mol. The predicted octanol–water partition coefficient (Wildman–Crippen LogP) is 2.25. The van der Waals surface area contributed by atoms with Crippen molar-refractivity contribution in [2.75, 3.05) is 11.9 Å². The molecule has 5 N–H and O–H groups in total. The molecule has 0 aromatic carbocycles. The highest BCUT2D eigenvalue weighted by atomic mass is 32.1. The molecular formula is C12H18N6S2. The highest BCUT2D eigenvalue weighted by molar-refractivity contribution is 7.14. The maximum atomic E-state index is 5.80. The van der Waals surface area contributed by atoms with Crippen molar-refractivity contribution in [2.45, 2.75) is 26.3 Å². The van der Waals surface area contributed by atoms with E-state index in [0.29, 0.717) is 12.5 Å². The van der Waals surface area contributed by atoms with Gasteiger partial charge in [-0.1, -0.05) is 13.3 Å². The van der Waals surface area contributed by atoms with Crippen LogP contribution in [0.2, 0.25) is 0 Å². The third kappa shape index (κ3) is 3.99. The van der Waals surface area contributed by atoms with Gasteiger partial charge in [0, 0.05) is 23.8 Å². The van der Waals surface area contributed by atoms with Gasteiger partial charge in [0.05, 0.1) is 0 Å². The fourth-order valence-corrected chi connectivity index (χ4v) is 2.86. The number of nitrogens with two attached hydrogens (primary N) is 2. The first-order valence-electron chi connectivity index (χ1n) is 6.40. The molecule has 2 rings (SSSR count). The normalized spacial score (nSPS) is 11.8. The largest absolute Gasteiger partial charge is 0.370 e. The molecule has 0 saturated carbocycles. The fraction of sp³-hybridized carbons (Fsp3) is 0.417. The molecule has 2 aromatic heterocycles. The number of hydrogen-bond donors (Lipinski definition) is 3. The number of hydrogen-bond acceptors (Lipinski definition) is 6. The first kappa shape index (κ1) is 14.9. The zero-order chi connectivity index (χ0) is 14.4. The highest BCUT2D eigenvalue weighted by Gasteiger charge is 2.08. The molecule has 0 atom stereocenters. The van der Waals surface area contributed by atoms with Crippen LogP contribution in [0.5, 0.6) is 0 Å². The zero-order valence-electron chi connectivity index (χ0n) is 11.3. The van der Waals surface area contributed by atoms with Gasteiger partial charge in [-0.2, -0.15) is 0 Å². The Bertz CT molecular complexity index is 574. The topological polar surface area (TPSA) is 102 Å². The minimum Gasteiger partial charge on any atom is -0.370 e. The SMILES string of the molecule is CCCCN=C(N)Nc1nc(-c2csc(CN)n2)cs1. The molecule has 0 saturated heterocycles. The molecule has 0 aliphatic rings. The number of unbranched alkanes of at least 4 members (excludes halogenated alkanes) is 1. The average molecular weight is 310 g/mol. The summed E-state index contributed by atoms with van der Waals surface area (Å²) in [7, 11) is 0. The number of thiazole rings is 2. The maximum absolute atomic E-state index is 5.80. The number of rotatable bonds is 6. The van der Waals surface area contributed by atoms with E-state index in [1.807, 2.05) is 10.8 Å². The van der Waals surface area contributed by atoms with Crippen LogP contribution < -0.4 is 16.8 Å². The number of aromatic nitrogens is 2. The van der Waals surface area contributed by atoms with Gasteiger partial charge < -0.3 is 16.8 Å². The minimum absolute atomic E-state index is 0.403. The quantitative estimate of drug-likeness (QED) is 0.431. The van der Waals surface area contributed by atoms with Crippen molar-refractivity contribution < 1.29 is 0 Å². The van der Waals surface area contributed by atoms with Gasteiger partial charge in [0.2, 0.25) is 0 Å². The van der Waals surface area contributed by atoms with E-state index in [1.54, 1.807) is 11.3 Å². The number of guanidine groups is 1. The van der Waals surface area contributed by atoms with Crippen molar-refractivity contribution in [3.63, 3.8) is 0 Å². The number of nitrogens with zero attached hydrogens (tertiary/aromatic N) is 3. The van der Waals surface area contributed by atoms with Crippen molar-refractivity contribution >= 4 is 33.8 Å². The molecule has 0 aliphatic carbocycles. The lowest BCUT2D eigenvalue weighted by Crippen LogP contribution is -2.22. The van der Waals surface area contributed by atoms with Gasteiger partial charge in [0.1, 0.15) is 16.4 Å². The van der Waals surface area contributed by atoms with E-state index in [9.17, 15) is 0 Å². The van der Waals surface area contributed by atoms with Crippen LogP contribution in [0.3, 0.4) is 0 Å². The summed E-state index contributed by atoms with van der Waals surface area (Å²) in [6.45, 7) is 3.31. The summed E-state index contributed by atoms with van der Waals surface area (Å²) in [5, 5.41) is 8.53. The van der Waals surface area contributed by atoms with E-state index in [1.165, 1.54) is 11.3 Å². The van der Waals surface area contributed by atoms with Crippen molar-refractivity contribution in [2.24, 2.45) is 16.5 Å². The van der Waals surface area contributed by atoms with E-state index in [4.69, 9.17) is 11.5 Å². The second-order valence-corrected chi connectivity index (χ2v) is 5.91. The Hall–Kier alpha value is -1.51. The van der Waals surface area contributed by atoms with Crippen LogP contribution >= 0.6 is 22.7 Å². The molecule has 0 radical (unpaired) electrons. The van der Waals surface area contributed by atoms with Crippen LogP contribution in [-0.4, -0.2) is 22.5 Å². The van der Waals surface area contributed by atoms with Gasteiger partial charge in [-0.15, -0.1) is 22.7 Å². The lowest BCUT2D eigenvalue weighted by molar-refractivity contribution is 0.807. The van der Waals surface area contributed by atoms with Crippen molar-refractivity contribution in [3.05, 3.63) is 15.8 Å². The fourth-order valence-electron chi connectivity index (χ4n) is 1.48. The summed E-state index contributed by atoms with van der Waals surface area (Å²) >= 11 is 3.02. The van der Waals surface area contributed by atoms with Gasteiger partial charge in [0.25, 0.3) is 0 Å². The standard InChI is InChI=1S/C12H18N6S2/c1-2-3-4-15-11(14)18-12-17-9(7-20-12)8-6-19-10(5-13)16-8/h6-7H,2-5,13H2,1H3,(H3,14,15,17,18). The number of anilines is 1. The van der Waals surface area contributed by atoms with Crippen LogP contribution in [0.15, 0.2) is 15.8 Å². The molecule has 20 heavy (non-hydrogen) atoms. The summed E-state index contributed by atoms with van der Waals surface area (Å²) in [6.07, 6.45) is 2.14. The summed E-state index contributed by atoms with van der Waals surface area (Å²) in [4.78, 5) is 13.1. The van der Waals surface area contributed by atoms with Gasteiger partial charge in [-0.25, -0.2) is 9.97 Å². The molecule has 0 spiro atoms. The Morgan fingerprint density at radius 2 is 2.05 bits per heavy atom. The van der Waals surface area contributed by atoms with Gasteiger partial charge >= 0.3 is 0 Å². The third-order valence-corrected chi connectivity index (χ3v) is 4.15. The zero-order valence-corrected chi connectivity index (χ0v) is 12.9. The van der Waals surface area contributed by atoms with Crippen LogP contribution in [0, 0.1) is 0 Å². The maximum Gasteiger partial charge on any atom is 0.194 e. The minimum atomic E-state index is 0.403. The van der Waals surface area contributed by atoms with Crippen molar-refractivity contribution in [1.29, 1.82) is 0 Å².